The SMILES string of the molecule is CN(Cc1ccccc1)C(=O)CCCn1c(=O)[nH]c2c(CC(=O)c3ccc(Cl)cc3)cc(Cl)cc2c1=O. The first kappa shape index (κ1) is 26.4. The van der Waals surface area contributed by atoms with E-state index in [1.165, 1.54) is 6.07 Å². The lowest BCUT2D eigenvalue weighted by Crippen LogP contribution is -2.36. The highest BCUT2D eigenvalue weighted by molar-refractivity contribution is 6.31. The molecule has 190 valence electrons. The first-order valence-corrected chi connectivity index (χ1v) is 12.5. The van der Waals surface area contributed by atoms with Crippen LogP contribution in [-0.2, 0) is 24.3 Å². The first-order chi connectivity index (χ1) is 17.7. The predicted molar refractivity (Wildman–Crippen MR) is 145 cm³/mol. The molecule has 4 aromatic rings. The van der Waals surface area contributed by atoms with E-state index in [9.17, 15) is 19.2 Å². The van der Waals surface area contributed by atoms with Crippen molar-refractivity contribution in [1.82, 2.24) is 14.5 Å². The highest BCUT2D eigenvalue weighted by Gasteiger charge is 2.16. The van der Waals surface area contributed by atoms with Crippen molar-refractivity contribution in [2.45, 2.75) is 32.4 Å². The van der Waals surface area contributed by atoms with Crippen LogP contribution >= 0.6 is 23.2 Å². The van der Waals surface area contributed by atoms with E-state index < -0.39 is 11.2 Å². The van der Waals surface area contributed by atoms with Crippen molar-refractivity contribution in [3.05, 3.63) is 114 Å². The molecule has 0 aliphatic heterocycles. The number of amides is 1. The summed E-state index contributed by atoms with van der Waals surface area (Å²) in [5.74, 6) is -0.288. The molecule has 37 heavy (non-hydrogen) atoms. The molecule has 4 rings (SSSR count). The van der Waals surface area contributed by atoms with Gasteiger partial charge in [0, 0.05) is 48.6 Å². The Kier molecular flexibility index (Phi) is 8.26. The second-order valence-corrected chi connectivity index (χ2v) is 9.69. The second kappa shape index (κ2) is 11.6. The van der Waals surface area contributed by atoms with Crippen molar-refractivity contribution in [3.8, 4) is 0 Å². The quantitative estimate of drug-likeness (QED) is 0.308. The van der Waals surface area contributed by atoms with Gasteiger partial charge in [-0.3, -0.25) is 19.0 Å². The summed E-state index contributed by atoms with van der Waals surface area (Å²) in [5, 5.41) is 0.998. The largest absolute Gasteiger partial charge is 0.341 e. The third kappa shape index (κ3) is 6.37. The summed E-state index contributed by atoms with van der Waals surface area (Å²) in [6.45, 7) is 0.548. The van der Waals surface area contributed by atoms with Gasteiger partial charge in [0.2, 0.25) is 5.91 Å². The molecule has 1 amide bonds. The number of H-pyrrole nitrogens is 1. The van der Waals surface area contributed by atoms with E-state index in [2.05, 4.69) is 4.98 Å². The third-order valence-electron chi connectivity index (χ3n) is 6.12. The van der Waals surface area contributed by atoms with Crippen molar-refractivity contribution in [2.24, 2.45) is 0 Å². The summed E-state index contributed by atoms with van der Waals surface area (Å²) in [7, 11) is 1.72. The first-order valence-electron chi connectivity index (χ1n) is 11.7. The second-order valence-electron chi connectivity index (χ2n) is 8.82. The van der Waals surface area contributed by atoms with Gasteiger partial charge < -0.3 is 9.88 Å². The van der Waals surface area contributed by atoms with Crippen LogP contribution in [-0.4, -0.2) is 33.2 Å². The number of nitrogens with zero attached hydrogens (tertiary/aromatic N) is 2. The molecular formula is C28H25Cl2N3O4. The average molecular weight is 538 g/mol. The minimum absolute atomic E-state index is 0.0552. The van der Waals surface area contributed by atoms with Crippen LogP contribution in [0.25, 0.3) is 10.9 Å². The fourth-order valence-electron chi connectivity index (χ4n) is 4.17. The number of hydrogen-bond acceptors (Lipinski definition) is 4. The van der Waals surface area contributed by atoms with E-state index in [1.54, 1.807) is 42.3 Å². The summed E-state index contributed by atoms with van der Waals surface area (Å²) in [5.41, 5.74) is 1.06. The van der Waals surface area contributed by atoms with Crippen molar-refractivity contribution in [2.75, 3.05) is 7.05 Å². The monoisotopic (exact) mass is 537 g/mol. The van der Waals surface area contributed by atoms with Crippen LogP contribution in [0, 0.1) is 0 Å². The lowest BCUT2D eigenvalue weighted by atomic mass is 10.0. The summed E-state index contributed by atoms with van der Waals surface area (Å²) < 4.78 is 1.06. The molecule has 0 atom stereocenters. The number of carbonyl (C=O) groups is 2. The molecule has 0 radical (unpaired) electrons. The lowest BCUT2D eigenvalue weighted by molar-refractivity contribution is -0.130. The Labute approximate surface area is 223 Å². The van der Waals surface area contributed by atoms with Crippen LogP contribution < -0.4 is 11.2 Å². The third-order valence-corrected chi connectivity index (χ3v) is 6.59. The predicted octanol–water partition coefficient (Wildman–Crippen LogP) is 4.86. The number of aromatic amines is 1. The standard InChI is InChI=1S/C28H25Cl2N3O4/c1-32(17-18-6-3-2-4-7-18)25(35)8-5-13-33-27(36)23-16-22(30)14-20(26(23)31-28(33)37)15-24(34)19-9-11-21(29)12-10-19/h2-4,6-7,9-12,14,16H,5,8,13,15,17H2,1H3,(H,31,37). The fraction of sp³-hybridized carbons (Fsp3) is 0.214. The molecular weight excluding hydrogens is 513 g/mol. The molecule has 7 nitrogen and oxygen atoms in total. The summed E-state index contributed by atoms with van der Waals surface area (Å²) in [4.78, 5) is 55.7. The zero-order valence-corrected chi connectivity index (χ0v) is 21.7. The van der Waals surface area contributed by atoms with E-state index in [0.29, 0.717) is 29.1 Å². The number of nitrogens with one attached hydrogen (secondary N) is 1. The minimum atomic E-state index is -0.606. The fourth-order valence-corrected chi connectivity index (χ4v) is 4.54. The Balaban J connectivity index is 1.50. The van der Waals surface area contributed by atoms with Crippen molar-refractivity contribution in [3.63, 3.8) is 0 Å². The van der Waals surface area contributed by atoms with E-state index in [1.807, 2.05) is 30.3 Å². The molecule has 9 heteroatoms. The Hall–Kier alpha value is -3.68. The summed E-state index contributed by atoms with van der Waals surface area (Å²) >= 11 is 12.2. The van der Waals surface area contributed by atoms with Gasteiger partial charge in [0.05, 0.1) is 10.9 Å². The average Bonchev–Trinajstić information content (AvgIpc) is 2.87. The normalized spacial score (nSPS) is 11.0. The number of benzene rings is 3. The molecule has 0 spiro atoms. The van der Waals surface area contributed by atoms with E-state index in [-0.39, 0.29) is 47.0 Å². The number of Topliss-reactive ketones (excluding diaryl/α,β-unsaturated/α-hetero) is 1. The molecule has 0 unspecified atom stereocenters. The van der Waals surface area contributed by atoms with Gasteiger partial charge in [0.25, 0.3) is 5.56 Å². The van der Waals surface area contributed by atoms with Crippen LogP contribution in [0.15, 0.2) is 76.3 Å². The molecule has 1 aromatic heterocycles. The van der Waals surface area contributed by atoms with Gasteiger partial charge in [-0.05, 0) is 53.9 Å². The Morgan fingerprint density at radius 1 is 0.946 bits per heavy atom. The van der Waals surface area contributed by atoms with Crippen molar-refractivity contribution in [1.29, 1.82) is 0 Å². The summed E-state index contributed by atoms with van der Waals surface area (Å²) in [6, 6.07) is 19.1. The lowest BCUT2D eigenvalue weighted by Gasteiger charge is -2.17. The van der Waals surface area contributed by atoms with Crippen molar-refractivity contribution >= 4 is 45.8 Å². The van der Waals surface area contributed by atoms with Gasteiger partial charge in [0.15, 0.2) is 5.78 Å². The molecule has 0 saturated heterocycles. The van der Waals surface area contributed by atoms with Gasteiger partial charge in [-0.15, -0.1) is 0 Å². The Morgan fingerprint density at radius 2 is 1.65 bits per heavy atom. The zero-order valence-electron chi connectivity index (χ0n) is 20.2. The zero-order chi connectivity index (χ0) is 26.5. The van der Waals surface area contributed by atoms with Crippen LogP contribution in [0.3, 0.4) is 0 Å². The van der Waals surface area contributed by atoms with Crippen molar-refractivity contribution < 1.29 is 9.59 Å². The molecule has 1 heterocycles. The van der Waals surface area contributed by atoms with Crippen LogP contribution in [0.4, 0.5) is 0 Å². The van der Waals surface area contributed by atoms with Gasteiger partial charge in [-0.2, -0.15) is 0 Å². The van der Waals surface area contributed by atoms with Crippen LogP contribution in [0.2, 0.25) is 10.0 Å². The minimum Gasteiger partial charge on any atom is -0.341 e. The van der Waals surface area contributed by atoms with Crippen LogP contribution in [0.5, 0.6) is 0 Å². The van der Waals surface area contributed by atoms with E-state index >= 15 is 0 Å². The maximum absolute atomic E-state index is 13.2. The number of hydrogen-bond donors (Lipinski definition) is 1. The highest BCUT2D eigenvalue weighted by atomic mass is 35.5. The maximum atomic E-state index is 13.2. The van der Waals surface area contributed by atoms with Gasteiger partial charge in [-0.1, -0.05) is 53.5 Å². The smallest absolute Gasteiger partial charge is 0.328 e. The molecule has 0 fully saturated rings. The summed E-state index contributed by atoms with van der Waals surface area (Å²) in [6.07, 6.45) is 0.443. The highest BCUT2D eigenvalue weighted by Crippen LogP contribution is 2.22. The number of halogens is 2. The number of aromatic nitrogens is 2. The molecule has 1 N–H and O–H groups in total. The molecule has 0 bridgehead atoms. The number of rotatable bonds is 9. The van der Waals surface area contributed by atoms with Gasteiger partial charge in [-0.25, -0.2) is 4.79 Å². The Morgan fingerprint density at radius 3 is 2.35 bits per heavy atom. The molecule has 0 aliphatic carbocycles. The van der Waals surface area contributed by atoms with Crippen LogP contribution in [0.1, 0.15) is 34.3 Å². The van der Waals surface area contributed by atoms with E-state index in [4.69, 9.17) is 23.2 Å². The topological polar surface area (TPSA) is 92.2 Å². The molecule has 0 aliphatic rings. The number of fused-ring (bicyclic) bond motifs is 1. The number of ketones is 1. The molecule has 0 saturated carbocycles. The van der Waals surface area contributed by atoms with Gasteiger partial charge >= 0.3 is 5.69 Å². The van der Waals surface area contributed by atoms with Gasteiger partial charge in [0.1, 0.15) is 0 Å². The Bertz CT molecular complexity index is 1560. The number of carbonyl (C=O) groups excluding carboxylic acids is 2. The van der Waals surface area contributed by atoms with E-state index in [0.717, 1.165) is 10.1 Å². The molecule has 3 aromatic carbocycles. The maximum Gasteiger partial charge on any atom is 0.328 e.